The summed E-state index contributed by atoms with van der Waals surface area (Å²) in [7, 11) is 0. The van der Waals surface area contributed by atoms with E-state index in [0.29, 0.717) is 0 Å². The molecule has 0 aromatic heterocycles. The number of carbonyl (C=O) groups excluding carboxylic acids is 1. The van der Waals surface area contributed by atoms with Crippen LogP contribution in [-0.2, 0) is 9.53 Å². The van der Waals surface area contributed by atoms with Gasteiger partial charge in [-0.3, -0.25) is 4.79 Å². The highest BCUT2D eigenvalue weighted by Crippen LogP contribution is 2.26. The summed E-state index contributed by atoms with van der Waals surface area (Å²) >= 11 is 0. The van der Waals surface area contributed by atoms with E-state index in [4.69, 9.17) is 4.74 Å². The average Bonchev–Trinajstić information content (AvgIpc) is 2.17. The van der Waals surface area contributed by atoms with E-state index in [1.165, 1.54) is 0 Å². The van der Waals surface area contributed by atoms with Crippen molar-refractivity contribution in [3.05, 3.63) is 0 Å². The Morgan fingerprint density at radius 3 is 2.27 bits per heavy atom. The van der Waals surface area contributed by atoms with Gasteiger partial charge in [0.25, 0.3) is 0 Å². The number of hydrogen-bond donors (Lipinski definition) is 1. The molecule has 0 aromatic rings. The fourth-order valence-corrected chi connectivity index (χ4v) is 1.27. The van der Waals surface area contributed by atoms with Crippen molar-refractivity contribution in [3.8, 4) is 0 Å². The third-order valence-corrected chi connectivity index (χ3v) is 2.13. The first-order valence-corrected chi connectivity index (χ1v) is 3.92. The lowest BCUT2D eigenvalue weighted by molar-refractivity contribution is -0.145. The van der Waals surface area contributed by atoms with E-state index in [2.05, 4.69) is 0 Å². The minimum absolute atomic E-state index is 0.193. The van der Waals surface area contributed by atoms with Crippen LogP contribution in [0, 0.1) is 11.8 Å². The lowest BCUT2D eigenvalue weighted by Crippen LogP contribution is -2.29. The summed E-state index contributed by atoms with van der Waals surface area (Å²) < 4.78 is 4.96. The maximum absolute atomic E-state index is 10.9. The Bertz CT molecular complexity index is 165. The van der Waals surface area contributed by atoms with Gasteiger partial charge in [-0.1, -0.05) is 13.8 Å². The topological polar surface area (TPSA) is 46.5 Å². The van der Waals surface area contributed by atoms with E-state index >= 15 is 0 Å². The van der Waals surface area contributed by atoms with E-state index in [-0.39, 0.29) is 23.9 Å². The third kappa shape index (κ3) is 1.38. The minimum Gasteiger partial charge on any atom is -0.459 e. The molecule has 11 heavy (non-hydrogen) atoms. The van der Waals surface area contributed by atoms with Crippen molar-refractivity contribution in [1.82, 2.24) is 0 Å². The van der Waals surface area contributed by atoms with Crippen molar-refractivity contribution < 1.29 is 14.6 Å². The van der Waals surface area contributed by atoms with Crippen LogP contribution < -0.4 is 0 Å². The molecular formula is C8H14O3. The molecule has 1 N–H and O–H groups in total. The van der Waals surface area contributed by atoms with E-state index in [1.54, 1.807) is 6.92 Å². The van der Waals surface area contributed by atoms with Crippen LogP contribution in [0.4, 0.5) is 0 Å². The van der Waals surface area contributed by atoms with Crippen LogP contribution >= 0.6 is 0 Å². The van der Waals surface area contributed by atoms with Gasteiger partial charge >= 0.3 is 5.97 Å². The molecule has 0 aromatic carbocycles. The number of ether oxygens (including phenoxy) is 1. The molecule has 1 aliphatic rings. The van der Waals surface area contributed by atoms with Gasteiger partial charge in [-0.2, -0.15) is 0 Å². The lowest BCUT2D eigenvalue weighted by Gasteiger charge is -2.16. The predicted octanol–water partition coefficient (Wildman–Crippen LogP) is 0.565. The number of aliphatic hydroxyl groups excluding tert-OH is 1. The van der Waals surface area contributed by atoms with Crippen LogP contribution in [0.2, 0.25) is 0 Å². The first kappa shape index (κ1) is 8.53. The van der Waals surface area contributed by atoms with Crippen molar-refractivity contribution in [1.29, 1.82) is 0 Å². The second kappa shape index (κ2) is 2.81. The first-order valence-electron chi connectivity index (χ1n) is 3.92. The van der Waals surface area contributed by atoms with Gasteiger partial charge in [-0.05, 0) is 12.8 Å². The highest BCUT2D eigenvalue weighted by atomic mass is 16.6. The first-order chi connectivity index (χ1) is 5.04. The van der Waals surface area contributed by atoms with Gasteiger partial charge in [0.1, 0.15) is 12.2 Å². The summed E-state index contributed by atoms with van der Waals surface area (Å²) in [6.45, 7) is 5.55. The van der Waals surface area contributed by atoms with Crippen molar-refractivity contribution in [2.24, 2.45) is 11.8 Å². The Morgan fingerprint density at radius 2 is 2.09 bits per heavy atom. The maximum Gasteiger partial charge on any atom is 0.311 e. The number of carbonyl (C=O) groups is 1. The molecule has 3 atom stereocenters. The van der Waals surface area contributed by atoms with Gasteiger partial charge in [0.05, 0.1) is 5.92 Å². The van der Waals surface area contributed by atoms with E-state index in [9.17, 15) is 9.90 Å². The van der Waals surface area contributed by atoms with Crippen LogP contribution in [-0.4, -0.2) is 23.3 Å². The number of cyclic esters (lactones) is 1. The highest BCUT2D eigenvalue weighted by Gasteiger charge is 2.41. The van der Waals surface area contributed by atoms with E-state index in [0.717, 1.165) is 0 Å². The molecule has 3 heteroatoms. The van der Waals surface area contributed by atoms with Crippen LogP contribution in [0.1, 0.15) is 20.8 Å². The van der Waals surface area contributed by atoms with Crippen molar-refractivity contribution in [2.75, 3.05) is 0 Å². The van der Waals surface area contributed by atoms with Crippen LogP contribution in [0.15, 0.2) is 0 Å². The molecule has 0 bridgehead atoms. The molecule has 0 unspecified atom stereocenters. The SMILES string of the molecule is CC(C)[C@@H]1OC(=O)[C@H](C)[C@@H]1O. The summed E-state index contributed by atoms with van der Waals surface area (Å²) in [5.74, 6) is -0.447. The molecule has 0 amide bonds. The summed E-state index contributed by atoms with van der Waals surface area (Å²) in [6.07, 6.45) is -0.931. The Morgan fingerprint density at radius 1 is 1.55 bits per heavy atom. The molecular weight excluding hydrogens is 144 g/mol. The molecule has 0 aliphatic carbocycles. The molecule has 0 radical (unpaired) electrons. The van der Waals surface area contributed by atoms with Gasteiger partial charge in [0.15, 0.2) is 0 Å². The van der Waals surface area contributed by atoms with Crippen molar-refractivity contribution in [3.63, 3.8) is 0 Å². The van der Waals surface area contributed by atoms with Gasteiger partial charge in [0, 0.05) is 0 Å². The zero-order valence-corrected chi connectivity index (χ0v) is 7.07. The number of esters is 1. The Kier molecular flexibility index (Phi) is 2.18. The quantitative estimate of drug-likeness (QED) is 0.567. The van der Waals surface area contributed by atoms with Gasteiger partial charge in [-0.25, -0.2) is 0 Å². The summed E-state index contributed by atoms with van der Waals surface area (Å²) in [4.78, 5) is 10.9. The fraction of sp³-hybridized carbons (Fsp3) is 0.875. The molecule has 1 fully saturated rings. The highest BCUT2D eigenvalue weighted by molar-refractivity contribution is 5.75. The van der Waals surface area contributed by atoms with Crippen LogP contribution in [0.3, 0.4) is 0 Å². The largest absolute Gasteiger partial charge is 0.459 e. The van der Waals surface area contributed by atoms with E-state index < -0.39 is 6.10 Å². The zero-order chi connectivity index (χ0) is 8.59. The molecule has 1 rings (SSSR count). The molecule has 0 spiro atoms. The molecule has 1 heterocycles. The predicted molar refractivity (Wildman–Crippen MR) is 39.9 cm³/mol. The molecule has 1 aliphatic heterocycles. The average molecular weight is 158 g/mol. The normalized spacial score (nSPS) is 37.9. The second-order valence-corrected chi connectivity index (χ2v) is 3.42. The maximum atomic E-state index is 10.9. The Balaban J connectivity index is 2.67. The number of aliphatic hydroxyl groups is 1. The second-order valence-electron chi connectivity index (χ2n) is 3.42. The minimum atomic E-state index is -0.623. The van der Waals surface area contributed by atoms with E-state index in [1.807, 2.05) is 13.8 Å². The van der Waals surface area contributed by atoms with Crippen molar-refractivity contribution in [2.45, 2.75) is 33.0 Å². The van der Waals surface area contributed by atoms with Crippen LogP contribution in [0.5, 0.6) is 0 Å². The van der Waals surface area contributed by atoms with Crippen LogP contribution in [0.25, 0.3) is 0 Å². The molecule has 64 valence electrons. The molecule has 3 nitrogen and oxygen atoms in total. The van der Waals surface area contributed by atoms with Gasteiger partial charge < -0.3 is 9.84 Å². The van der Waals surface area contributed by atoms with Gasteiger partial charge in [0.2, 0.25) is 0 Å². The Labute approximate surface area is 66.4 Å². The summed E-state index contributed by atoms with van der Waals surface area (Å²) in [5, 5.41) is 9.45. The van der Waals surface area contributed by atoms with Gasteiger partial charge in [-0.15, -0.1) is 0 Å². The number of hydrogen-bond acceptors (Lipinski definition) is 3. The summed E-state index contributed by atoms with van der Waals surface area (Å²) in [6, 6.07) is 0. The van der Waals surface area contributed by atoms with Crippen molar-refractivity contribution >= 4 is 5.97 Å². The summed E-state index contributed by atoms with van der Waals surface area (Å²) in [5.41, 5.74) is 0. The standard InChI is InChI=1S/C8H14O3/c1-4(2)7-6(9)5(3)8(10)11-7/h4-7,9H,1-3H3/t5-,6+,7+/m1/s1. The zero-order valence-electron chi connectivity index (χ0n) is 7.07. The molecule has 1 saturated heterocycles. The Hall–Kier alpha value is -0.570. The number of rotatable bonds is 1. The fourth-order valence-electron chi connectivity index (χ4n) is 1.27. The smallest absolute Gasteiger partial charge is 0.311 e. The lowest BCUT2D eigenvalue weighted by atomic mass is 9.96. The third-order valence-electron chi connectivity index (χ3n) is 2.13. The monoisotopic (exact) mass is 158 g/mol. The molecule has 0 saturated carbocycles.